The molecular formula is C20H18N2O4S. The third-order valence-electron chi connectivity index (χ3n) is 4.46. The maximum atomic E-state index is 11.6. The van der Waals surface area contributed by atoms with E-state index in [0.29, 0.717) is 31.3 Å². The second kappa shape index (κ2) is 6.92. The summed E-state index contributed by atoms with van der Waals surface area (Å²) in [6, 6.07) is 10.9. The van der Waals surface area contributed by atoms with Gasteiger partial charge >= 0.3 is 5.97 Å². The molecule has 7 heteroatoms. The van der Waals surface area contributed by atoms with Crippen molar-refractivity contribution in [2.75, 3.05) is 18.1 Å². The fourth-order valence-corrected chi connectivity index (χ4v) is 4.08. The number of ether oxygens (including phenoxy) is 1. The van der Waals surface area contributed by atoms with Gasteiger partial charge in [-0.2, -0.15) is 0 Å². The summed E-state index contributed by atoms with van der Waals surface area (Å²) in [6.07, 6.45) is 1.58. The van der Waals surface area contributed by atoms with Crippen molar-refractivity contribution in [3.63, 3.8) is 0 Å². The number of phenolic OH excluding ortho intramolecular Hbond substituents is 1. The van der Waals surface area contributed by atoms with E-state index in [1.165, 1.54) is 4.88 Å². The summed E-state index contributed by atoms with van der Waals surface area (Å²) >= 11 is 1.65. The minimum atomic E-state index is -1.02. The average molecular weight is 382 g/mol. The maximum absolute atomic E-state index is 11.6. The number of benzene rings is 1. The molecule has 0 spiro atoms. The van der Waals surface area contributed by atoms with Crippen molar-refractivity contribution in [3.8, 4) is 21.9 Å². The number of nitrogens with zero attached hydrogens (tertiary/aromatic N) is 2. The van der Waals surface area contributed by atoms with Gasteiger partial charge in [0.25, 0.3) is 0 Å². The van der Waals surface area contributed by atoms with Crippen LogP contribution in [0.15, 0.2) is 42.6 Å². The normalized spacial score (nSPS) is 13.6. The number of carboxylic acid groups (broad SMARTS) is 1. The Hall–Kier alpha value is -3.06. The van der Waals surface area contributed by atoms with E-state index in [-0.39, 0.29) is 11.3 Å². The van der Waals surface area contributed by atoms with Gasteiger partial charge in [-0.25, -0.2) is 9.78 Å². The molecule has 1 aliphatic rings. The van der Waals surface area contributed by atoms with Crippen molar-refractivity contribution in [3.05, 3.63) is 58.6 Å². The molecule has 0 bridgehead atoms. The van der Waals surface area contributed by atoms with Gasteiger partial charge in [-0.15, -0.1) is 11.3 Å². The van der Waals surface area contributed by atoms with Crippen LogP contribution in [0.3, 0.4) is 0 Å². The van der Waals surface area contributed by atoms with E-state index < -0.39 is 5.97 Å². The van der Waals surface area contributed by atoms with Crippen LogP contribution in [0, 0.1) is 6.92 Å². The molecule has 6 nitrogen and oxygen atoms in total. The molecule has 27 heavy (non-hydrogen) atoms. The van der Waals surface area contributed by atoms with E-state index in [4.69, 9.17) is 4.74 Å². The van der Waals surface area contributed by atoms with E-state index >= 15 is 0 Å². The fraction of sp³-hybridized carbons (Fsp3) is 0.200. The number of aryl methyl sites for hydroxylation is 1. The molecule has 1 aromatic carbocycles. The molecule has 0 aliphatic carbocycles. The Balaban J connectivity index is 1.75. The number of aromatic nitrogens is 1. The number of aromatic carboxylic acids is 1. The topological polar surface area (TPSA) is 82.9 Å². The number of aromatic hydroxyl groups is 1. The molecule has 4 rings (SSSR count). The largest absolute Gasteiger partial charge is 0.504 e. The number of anilines is 1. The number of fused-ring (bicyclic) bond motifs is 1. The Labute approximate surface area is 160 Å². The molecule has 0 atom stereocenters. The summed E-state index contributed by atoms with van der Waals surface area (Å²) in [6.45, 7) is 3.24. The zero-order chi connectivity index (χ0) is 19.0. The highest BCUT2D eigenvalue weighted by atomic mass is 32.1. The molecule has 3 heterocycles. The quantitative estimate of drug-likeness (QED) is 0.714. The lowest BCUT2D eigenvalue weighted by Crippen LogP contribution is -2.28. The second-order valence-electron chi connectivity index (χ2n) is 6.34. The molecule has 0 amide bonds. The van der Waals surface area contributed by atoms with Crippen molar-refractivity contribution in [1.82, 2.24) is 4.98 Å². The van der Waals surface area contributed by atoms with Gasteiger partial charge in [0.1, 0.15) is 18.0 Å². The smallest absolute Gasteiger partial charge is 0.339 e. The highest BCUT2D eigenvalue weighted by Crippen LogP contribution is 2.40. The van der Waals surface area contributed by atoms with Crippen LogP contribution >= 0.6 is 11.3 Å². The van der Waals surface area contributed by atoms with Gasteiger partial charge in [0.15, 0.2) is 11.5 Å². The van der Waals surface area contributed by atoms with Crippen LogP contribution < -0.4 is 9.64 Å². The number of carbonyl (C=O) groups is 1. The number of hydrogen-bond donors (Lipinski definition) is 2. The molecule has 0 fully saturated rings. The van der Waals surface area contributed by atoms with Crippen molar-refractivity contribution in [2.45, 2.75) is 13.5 Å². The molecule has 0 unspecified atom stereocenters. The molecule has 2 aromatic heterocycles. The fourth-order valence-electron chi connectivity index (χ4n) is 3.23. The Bertz CT molecular complexity index is 1010. The maximum Gasteiger partial charge on any atom is 0.339 e. The molecule has 2 N–H and O–H groups in total. The lowest BCUT2D eigenvalue weighted by atomic mass is 10.1. The summed E-state index contributed by atoms with van der Waals surface area (Å²) in [5.74, 6) is -0.0790. The Morgan fingerprint density at radius 2 is 2.15 bits per heavy atom. The van der Waals surface area contributed by atoms with Crippen LogP contribution in [0.1, 0.15) is 20.8 Å². The summed E-state index contributed by atoms with van der Waals surface area (Å²) in [7, 11) is 0. The van der Waals surface area contributed by atoms with Crippen LogP contribution in [0.5, 0.6) is 11.5 Å². The molecule has 0 saturated carbocycles. The van der Waals surface area contributed by atoms with E-state index in [1.54, 1.807) is 35.7 Å². The number of carboxylic acids is 1. The minimum absolute atomic E-state index is 0.0925. The standard InChI is InChI=1S/C20H18N2O4S/c1-12-4-5-17(27-12)13-9-14-11-22(7-8-26-18(14)16(23)10-13)19-15(20(24)25)3-2-6-21-19/h2-6,9-10,23H,7-8,11H2,1H3,(H,24,25). The van der Waals surface area contributed by atoms with Gasteiger partial charge in [0.05, 0.1) is 6.54 Å². The first-order chi connectivity index (χ1) is 13.0. The van der Waals surface area contributed by atoms with E-state index in [2.05, 4.69) is 4.98 Å². The van der Waals surface area contributed by atoms with Crippen molar-refractivity contribution in [2.24, 2.45) is 0 Å². The molecule has 138 valence electrons. The number of pyridine rings is 1. The molecule has 1 aliphatic heterocycles. The van der Waals surface area contributed by atoms with Crippen LogP contribution in [0.4, 0.5) is 5.82 Å². The highest BCUT2D eigenvalue weighted by Gasteiger charge is 2.24. The monoisotopic (exact) mass is 382 g/mol. The number of hydrogen-bond acceptors (Lipinski definition) is 6. The Morgan fingerprint density at radius 1 is 1.30 bits per heavy atom. The Kier molecular flexibility index (Phi) is 4.45. The first-order valence-electron chi connectivity index (χ1n) is 8.51. The lowest BCUT2D eigenvalue weighted by molar-refractivity contribution is 0.0697. The zero-order valence-electron chi connectivity index (χ0n) is 14.7. The van der Waals surface area contributed by atoms with Gasteiger partial charge in [-0.3, -0.25) is 0 Å². The average Bonchev–Trinajstić information content (AvgIpc) is 2.96. The molecule has 3 aromatic rings. The SMILES string of the molecule is Cc1ccc(-c2cc(O)c3c(c2)CN(c2ncccc2C(=O)O)CCO3)s1. The van der Waals surface area contributed by atoms with E-state index in [9.17, 15) is 15.0 Å². The van der Waals surface area contributed by atoms with Crippen molar-refractivity contribution >= 4 is 23.1 Å². The van der Waals surface area contributed by atoms with Gasteiger partial charge in [-0.05, 0) is 48.9 Å². The second-order valence-corrected chi connectivity index (χ2v) is 7.63. The summed E-state index contributed by atoms with van der Waals surface area (Å²) < 4.78 is 5.76. The van der Waals surface area contributed by atoms with Gasteiger partial charge in [0, 0.05) is 28.1 Å². The van der Waals surface area contributed by atoms with Crippen molar-refractivity contribution < 1.29 is 19.7 Å². The van der Waals surface area contributed by atoms with Gasteiger partial charge in [0.2, 0.25) is 0 Å². The zero-order valence-corrected chi connectivity index (χ0v) is 15.5. The molecule has 0 radical (unpaired) electrons. The first kappa shape index (κ1) is 17.4. The van der Waals surface area contributed by atoms with Crippen LogP contribution in [-0.4, -0.2) is 34.3 Å². The lowest BCUT2D eigenvalue weighted by Gasteiger charge is -2.22. The summed E-state index contributed by atoms with van der Waals surface area (Å²) in [4.78, 5) is 20.0. The third-order valence-corrected chi connectivity index (χ3v) is 5.51. The predicted molar refractivity (Wildman–Crippen MR) is 104 cm³/mol. The van der Waals surface area contributed by atoms with Crippen LogP contribution in [0.25, 0.3) is 10.4 Å². The highest BCUT2D eigenvalue weighted by molar-refractivity contribution is 7.15. The minimum Gasteiger partial charge on any atom is -0.504 e. The van der Waals surface area contributed by atoms with Crippen molar-refractivity contribution in [1.29, 1.82) is 0 Å². The molecular weight excluding hydrogens is 364 g/mol. The molecule has 0 saturated heterocycles. The predicted octanol–water partition coefficient (Wildman–Crippen LogP) is 3.92. The van der Waals surface area contributed by atoms with Gasteiger partial charge < -0.3 is 19.8 Å². The van der Waals surface area contributed by atoms with E-state index in [0.717, 1.165) is 16.0 Å². The Morgan fingerprint density at radius 3 is 2.89 bits per heavy atom. The third kappa shape index (κ3) is 3.33. The summed E-state index contributed by atoms with van der Waals surface area (Å²) in [5.41, 5.74) is 1.86. The van der Waals surface area contributed by atoms with Crippen LogP contribution in [0.2, 0.25) is 0 Å². The first-order valence-corrected chi connectivity index (χ1v) is 9.33. The van der Waals surface area contributed by atoms with Crippen LogP contribution in [-0.2, 0) is 6.54 Å². The number of phenols is 1. The number of rotatable bonds is 3. The summed E-state index contributed by atoms with van der Waals surface area (Å²) in [5, 5.41) is 19.9. The van der Waals surface area contributed by atoms with Gasteiger partial charge in [-0.1, -0.05) is 0 Å². The number of thiophene rings is 1. The van der Waals surface area contributed by atoms with E-state index in [1.807, 2.05) is 30.0 Å².